The molecule has 0 radical (unpaired) electrons. The lowest BCUT2D eigenvalue weighted by Crippen LogP contribution is -2.28. The molecule has 0 amide bonds. The van der Waals surface area contributed by atoms with Crippen molar-refractivity contribution in [3.05, 3.63) is 29.6 Å². The van der Waals surface area contributed by atoms with E-state index in [9.17, 15) is 9.50 Å². The van der Waals surface area contributed by atoms with E-state index >= 15 is 0 Å². The van der Waals surface area contributed by atoms with Crippen LogP contribution in [0.25, 0.3) is 0 Å². The minimum Gasteiger partial charge on any atom is -0.392 e. The fourth-order valence-corrected chi connectivity index (χ4v) is 2.62. The maximum absolute atomic E-state index is 13.8. The van der Waals surface area contributed by atoms with Crippen LogP contribution in [-0.2, 0) is 6.61 Å². The second-order valence-corrected chi connectivity index (χ2v) is 4.75. The molecule has 2 rings (SSSR count). The van der Waals surface area contributed by atoms with Crippen LogP contribution in [0.1, 0.15) is 25.8 Å². The molecule has 0 bridgehead atoms. The summed E-state index contributed by atoms with van der Waals surface area (Å²) >= 11 is 0. The summed E-state index contributed by atoms with van der Waals surface area (Å²) in [5, 5.41) is 9.26. The predicted molar refractivity (Wildman–Crippen MR) is 62.9 cm³/mol. The summed E-state index contributed by atoms with van der Waals surface area (Å²) in [6.45, 7) is 5.05. The molecule has 0 aromatic heterocycles. The third-order valence-corrected chi connectivity index (χ3v) is 3.31. The van der Waals surface area contributed by atoms with Crippen LogP contribution < -0.4 is 4.90 Å². The van der Waals surface area contributed by atoms with Crippen molar-refractivity contribution in [2.24, 2.45) is 5.92 Å². The van der Waals surface area contributed by atoms with Crippen LogP contribution >= 0.6 is 0 Å². The minimum atomic E-state index is -0.229. The number of nitrogens with zero attached hydrogens (tertiary/aromatic N) is 1. The second kappa shape index (κ2) is 4.42. The Morgan fingerprint density at radius 1 is 1.44 bits per heavy atom. The van der Waals surface area contributed by atoms with Gasteiger partial charge in [-0.1, -0.05) is 19.1 Å². The molecule has 2 atom stereocenters. The Morgan fingerprint density at radius 3 is 2.75 bits per heavy atom. The van der Waals surface area contributed by atoms with Gasteiger partial charge in [-0.15, -0.1) is 0 Å². The lowest BCUT2D eigenvalue weighted by atomic mass is 10.1. The monoisotopic (exact) mass is 223 g/mol. The first-order valence-corrected chi connectivity index (χ1v) is 5.78. The first kappa shape index (κ1) is 11.4. The zero-order valence-corrected chi connectivity index (χ0v) is 9.78. The molecule has 1 heterocycles. The Morgan fingerprint density at radius 2 is 2.19 bits per heavy atom. The smallest absolute Gasteiger partial charge is 0.146 e. The third-order valence-electron chi connectivity index (χ3n) is 3.31. The van der Waals surface area contributed by atoms with Crippen molar-refractivity contribution in [2.75, 3.05) is 11.4 Å². The molecule has 2 unspecified atom stereocenters. The van der Waals surface area contributed by atoms with Gasteiger partial charge in [0.15, 0.2) is 0 Å². The summed E-state index contributed by atoms with van der Waals surface area (Å²) in [7, 11) is 0. The molecule has 0 spiro atoms. The summed E-state index contributed by atoms with van der Waals surface area (Å²) in [5.74, 6) is 0.355. The Balaban J connectivity index is 2.39. The molecular formula is C13H18FNO. The predicted octanol–water partition coefficient (Wildman–Crippen LogP) is 2.55. The molecule has 1 aromatic carbocycles. The highest BCUT2D eigenvalue weighted by Crippen LogP contribution is 2.33. The maximum Gasteiger partial charge on any atom is 0.146 e. The van der Waals surface area contributed by atoms with Gasteiger partial charge in [-0.25, -0.2) is 4.39 Å². The number of benzene rings is 1. The Bertz CT molecular complexity index is 380. The number of aliphatic hydroxyl groups is 1. The topological polar surface area (TPSA) is 23.5 Å². The number of para-hydroxylation sites is 1. The van der Waals surface area contributed by atoms with Gasteiger partial charge in [0.1, 0.15) is 5.82 Å². The molecule has 88 valence electrons. The molecule has 1 aliphatic rings. The molecule has 0 aliphatic carbocycles. The summed E-state index contributed by atoms with van der Waals surface area (Å²) in [6, 6.07) is 5.24. The number of hydrogen-bond donors (Lipinski definition) is 1. The van der Waals surface area contributed by atoms with Gasteiger partial charge in [-0.3, -0.25) is 0 Å². The van der Waals surface area contributed by atoms with Gasteiger partial charge >= 0.3 is 0 Å². The van der Waals surface area contributed by atoms with E-state index in [1.807, 2.05) is 0 Å². The lowest BCUT2D eigenvalue weighted by molar-refractivity contribution is 0.281. The molecule has 1 aliphatic heterocycles. The molecule has 1 N–H and O–H groups in total. The van der Waals surface area contributed by atoms with Crippen molar-refractivity contribution in [3.8, 4) is 0 Å². The van der Waals surface area contributed by atoms with Gasteiger partial charge in [0.2, 0.25) is 0 Å². The van der Waals surface area contributed by atoms with Crippen molar-refractivity contribution in [3.63, 3.8) is 0 Å². The highest BCUT2D eigenvalue weighted by molar-refractivity contribution is 5.56. The molecule has 16 heavy (non-hydrogen) atoms. The summed E-state index contributed by atoms with van der Waals surface area (Å²) in [6.07, 6.45) is 1.08. The molecule has 3 heteroatoms. The summed E-state index contributed by atoms with van der Waals surface area (Å²) in [5.41, 5.74) is 1.27. The third kappa shape index (κ3) is 1.92. The van der Waals surface area contributed by atoms with Crippen molar-refractivity contribution in [1.82, 2.24) is 0 Å². The van der Waals surface area contributed by atoms with Crippen molar-refractivity contribution < 1.29 is 9.50 Å². The average Bonchev–Trinajstić information content (AvgIpc) is 2.57. The number of halogens is 1. The summed E-state index contributed by atoms with van der Waals surface area (Å²) in [4.78, 5) is 2.07. The van der Waals surface area contributed by atoms with Crippen LogP contribution in [0.4, 0.5) is 10.1 Å². The van der Waals surface area contributed by atoms with Crippen LogP contribution in [0.2, 0.25) is 0 Å². The average molecular weight is 223 g/mol. The van der Waals surface area contributed by atoms with Crippen LogP contribution in [0.3, 0.4) is 0 Å². The van der Waals surface area contributed by atoms with Gasteiger partial charge in [0, 0.05) is 18.2 Å². The van der Waals surface area contributed by atoms with E-state index in [4.69, 9.17) is 0 Å². The number of rotatable bonds is 2. The molecule has 1 aromatic rings. The first-order valence-electron chi connectivity index (χ1n) is 5.78. The lowest BCUT2D eigenvalue weighted by Gasteiger charge is -2.26. The van der Waals surface area contributed by atoms with E-state index in [0.29, 0.717) is 23.2 Å². The SMILES string of the molecule is CC1CC(C)N(c2c(F)cccc2CO)C1. The van der Waals surface area contributed by atoms with E-state index in [-0.39, 0.29) is 12.4 Å². The first-order chi connectivity index (χ1) is 7.63. The second-order valence-electron chi connectivity index (χ2n) is 4.75. The normalized spacial score (nSPS) is 25.1. The van der Waals surface area contributed by atoms with Gasteiger partial charge in [-0.2, -0.15) is 0 Å². The van der Waals surface area contributed by atoms with E-state index in [1.165, 1.54) is 6.07 Å². The quantitative estimate of drug-likeness (QED) is 0.833. The minimum absolute atomic E-state index is 0.106. The molecule has 0 saturated carbocycles. The van der Waals surface area contributed by atoms with Crippen LogP contribution in [0.15, 0.2) is 18.2 Å². The van der Waals surface area contributed by atoms with Crippen LogP contribution in [0.5, 0.6) is 0 Å². The van der Waals surface area contributed by atoms with Gasteiger partial charge < -0.3 is 10.0 Å². The fraction of sp³-hybridized carbons (Fsp3) is 0.538. The Kier molecular flexibility index (Phi) is 3.15. The van der Waals surface area contributed by atoms with Crippen LogP contribution in [-0.4, -0.2) is 17.7 Å². The van der Waals surface area contributed by atoms with Gasteiger partial charge in [0.05, 0.1) is 12.3 Å². The fourth-order valence-electron chi connectivity index (χ4n) is 2.62. The van der Waals surface area contributed by atoms with Crippen molar-refractivity contribution >= 4 is 5.69 Å². The van der Waals surface area contributed by atoms with E-state index in [2.05, 4.69) is 18.7 Å². The molecule has 2 nitrogen and oxygen atoms in total. The standard InChI is InChI=1S/C13H18FNO/c1-9-6-10(2)15(7-9)13-11(8-16)4-3-5-12(13)14/h3-5,9-10,16H,6-8H2,1-2H3. The number of anilines is 1. The highest BCUT2D eigenvalue weighted by atomic mass is 19.1. The number of hydrogen-bond acceptors (Lipinski definition) is 2. The van der Waals surface area contributed by atoms with Crippen LogP contribution in [0, 0.1) is 11.7 Å². The van der Waals surface area contributed by atoms with Crippen molar-refractivity contribution in [2.45, 2.75) is 32.9 Å². The molecule has 1 saturated heterocycles. The van der Waals surface area contributed by atoms with Crippen molar-refractivity contribution in [1.29, 1.82) is 0 Å². The maximum atomic E-state index is 13.8. The van der Waals surface area contributed by atoms with E-state index < -0.39 is 0 Å². The van der Waals surface area contributed by atoms with E-state index in [0.717, 1.165) is 13.0 Å². The number of aliphatic hydroxyl groups excluding tert-OH is 1. The van der Waals surface area contributed by atoms with Gasteiger partial charge in [-0.05, 0) is 25.3 Å². The Hall–Kier alpha value is -1.09. The largest absolute Gasteiger partial charge is 0.392 e. The van der Waals surface area contributed by atoms with E-state index in [1.54, 1.807) is 12.1 Å². The molecule has 1 fully saturated rings. The Labute approximate surface area is 95.7 Å². The zero-order chi connectivity index (χ0) is 11.7. The molecular weight excluding hydrogens is 205 g/mol. The summed E-state index contributed by atoms with van der Waals surface area (Å²) < 4.78 is 13.8. The highest BCUT2D eigenvalue weighted by Gasteiger charge is 2.29. The van der Waals surface area contributed by atoms with Gasteiger partial charge in [0.25, 0.3) is 0 Å². The zero-order valence-electron chi connectivity index (χ0n) is 9.78.